The number of rotatable bonds is 5. The highest BCUT2D eigenvalue weighted by atomic mass is 35.5. The Bertz CT molecular complexity index is 603. The lowest BCUT2D eigenvalue weighted by molar-refractivity contribution is -0.129. The third kappa shape index (κ3) is 4.51. The molecule has 2 rings (SSSR count). The second-order valence-corrected chi connectivity index (χ2v) is 6.68. The summed E-state index contributed by atoms with van der Waals surface area (Å²) in [5, 5.41) is 0.570. The summed E-state index contributed by atoms with van der Waals surface area (Å²) < 4.78 is 0. The van der Waals surface area contributed by atoms with Crippen LogP contribution in [0.1, 0.15) is 12.5 Å². The lowest BCUT2D eigenvalue weighted by Gasteiger charge is -2.21. The number of benzene rings is 2. The van der Waals surface area contributed by atoms with Gasteiger partial charge in [-0.2, -0.15) is 0 Å². The van der Waals surface area contributed by atoms with Crippen molar-refractivity contribution < 1.29 is 4.79 Å². The van der Waals surface area contributed by atoms with E-state index in [4.69, 9.17) is 11.6 Å². The smallest absolute Gasteiger partial charge is 0.235 e. The molecule has 1 atom stereocenters. The monoisotopic (exact) mass is 319 g/mol. The topological polar surface area (TPSA) is 20.3 Å². The number of amides is 1. The molecule has 0 aromatic heterocycles. The van der Waals surface area contributed by atoms with E-state index in [0.717, 1.165) is 10.5 Å². The largest absolute Gasteiger partial charge is 0.340 e. The van der Waals surface area contributed by atoms with Gasteiger partial charge in [0.05, 0.1) is 5.25 Å². The minimum atomic E-state index is -0.125. The zero-order chi connectivity index (χ0) is 15.2. The summed E-state index contributed by atoms with van der Waals surface area (Å²) in [5.41, 5.74) is 0.965. The average molecular weight is 320 g/mol. The molecule has 0 heterocycles. The van der Waals surface area contributed by atoms with Crippen molar-refractivity contribution in [2.75, 3.05) is 7.05 Å². The molecule has 0 radical (unpaired) electrons. The van der Waals surface area contributed by atoms with Crippen molar-refractivity contribution >= 4 is 29.3 Å². The first-order valence-electron chi connectivity index (χ1n) is 6.78. The van der Waals surface area contributed by atoms with Crippen LogP contribution in [0.4, 0.5) is 0 Å². The quantitative estimate of drug-likeness (QED) is 0.757. The van der Waals surface area contributed by atoms with Gasteiger partial charge < -0.3 is 4.90 Å². The molecular formula is C17H18ClNOS. The van der Waals surface area contributed by atoms with Gasteiger partial charge in [0, 0.05) is 23.5 Å². The summed E-state index contributed by atoms with van der Waals surface area (Å²) in [6, 6.07) is 17.6. The van der Waals surface area contributed by atoms with Crippen molar-refractivity contribution in [1.82, 2.24) is 4.90 Å². The third-order valence-corrected chi connectivity index (χ3v) is 4.61. The number of hydrogen-bond donors (Lipinski definition) is 0. The fourth-order valence-electron chi connectivity index (χ4n) is 2.02. The van der Waals surface area contributed by atoms with Crippen LogP contribution < -0.4 is 0 Å². The Morgan fingerprint density at radius 2 is 1.76 bits per heavy atom. The van der Waals surface area contributed by atoms with Crippen LogP contribution >= 0.6 is 23.4 Å². The second kappa shape index (κ2) is 7.53. The van der Waals surface area contributed by atoms with E-state index in [1.165, 1.54) is 0 Å². The fraction of sp³-hybridized carbons (Fsp3) is 0.235. The van der Waals surface area contributed by atoms with Gasteiger partial charge in [0.25, 0.3) is 0 Å². The molecule has 1 unspecified atom stereocenters. The van der Waals surface area contributed by atoms with Crippen LogP contribution in [0.3, 0.4) is 0 Å². The van der Waals surface area contributed by atoms with Crippen molar-refractivity contribution in [3.63, 3.8) is 0 Å². The van der Waals surface area contributed by atoms with E-state index in [0.29, 0.717) is 11.6 Å². The van der Waals surface area contributed by atoms with E-state index in [1.807, 2.05) is 68.6 Å². The number of nitrogens with zero attached hydrogens (tertiary/aromatic N) is 1. The predicted octanol–water partition coefficient (Wildman–Crippen LogP) is 4.48. The molecule has 4 heteroatoms. The highest BCUT2D eigenvalue weighted by Crippen LogP contribution is 2.24. The van der Waals surface area contributed by atoms with E-state index >= 15 is 0 Å². The highest BCUT2D eigenvalue weighted by molar-refractivity contribution is 8.00. The maximum atomic E-state index is 12.4. The molecule has 0 saturated carbocycles. The van der Waals surface area contributed by atoms with Gasteiger partial charge in [-0.05, 0) is 30.7 Å². The fourth-order valence-corrected chi connectivity index (χ4v) is 3.22. The summed E-state index contributed by atoms with van der Waals surface area (Å²) in [6.07, 6.45) is 0. The zero-order valence-corrected chi connectivity index (χ0v) is 13.7. The summed E-state index contributed by atoms with van der Waals surface area (Å²) in [5.74, 6) is 0.101. The lowest BCUT2D eigenvalue weighted by Crippen LogP contribution is -2.32. The van der Waals surface area contributed by atoms with Crippen molar-refractivity contribution in [2.45, 2.75) is 23.6 Å². The van der Waals surface area contributed by atoms with Gasteiger partial charge in [0.15, 0.2) is 0 Å². The Morgan fingerprint density at radius 3 is 2.43 bits per heavy atom. The number of halogens is 1. The molecule has 2 aromatic carbocycles. The lowest BCUT2D eigenvalue weighted by atomic mass is 10.2. The Morgan fingerprint density at radius 1 is 1.14 bits per heavy atom. The first-order chi connectivity index (χ1) is 10.1. The Kier molecular flexibility index (Phi) is 5.71. The Hall–Kier alpha value is -1.45. The summed E-state index contributed by atoms with van der Waals surface area (Å²) in [6.45, 7) is 2.46. The Labute approximate surface area is 135 Å². The van der Waals surface area contributed by atoms with Crippen LogP contribution in [-0.2, 0) is 11.3 Å². The molecule has 110 valence electrons. The molecule has 0 bridgehead atoms. The average Bonchev–Trinajstić information content (AvgIpc) is 2.49. The van der Waals surface area contributed by atoms with Crippen molar-refractivity contribution in [2.24, 2.45) is 0 Å². The summed E-state index contributed by atoms with van der Waals surface area (Å²) in [4.78, 5) is 15.3. The highest BCUT2D eigenvalue weighted by Gasteiger charge is 2.19. The van der Waals surface area contributed by atoms with Crippen molar-refractivity contribution in [3.8, 4) is 0 Å². The number of thioether (sulfide) groups is 1. The molecule has 0 spiro atoms. The van der Waals surface area contributed by atoms with E-state index < -0.39 is 0 Å². The van der Waals surface area contributed by atoms with Gasteiger partial charge in [-0.1, -0.05) is 48.0 Å². The molecule has 0 saturated heterocycles. The molecule has 1 amide bonds. The molecule has 2 aromatic rings. The van der Waals surface area contributed by atoms with E-state index in [-0.39, 0.29) is 11.2 Å². The van der Waals surface area contributed by atoms with Gasteiger partial charge in [-0.3, -0.25) is 4.79 Å². The van der Waals surface area contributed by atoms with Gasteiger partial charge in [-0.15, -0.1) is 11.8 Å². The summed E-state index contributed by atoms with van der Waals surface area (Å²) in [7, 11) is 1.81. The van der Waals surface area contributed by atoms with Crippen LogP contribution in [-0.4, -0.2) is 23.1 Å². The van der Waals surface area contributed by atoms with E-state index in [2.05, 4.69) is 0 Å². The zero-order valence-electron chi connectivity index (χ0n) is 12.1. The first kappa shape index (κ1) is 15.9. The minimum absolute atomic E-state index is 0.101. The maximum Gasteiger partial charge on any atom is 0.235 e. The molecule has 2 nitrogen and oxygen atoms in total. The molecule has 0 N–H and O–H groups in total. The number of carbonyl (C=O) groups excluding carboxylic acids is 1. The molecular weight excluding hydrogens is 302 g/mol. The third-order valence-electron chi connectivity index (χ3n) is 3.15. The van der Waals surface area contributed by atoms with Crippen LogP contribution in [0.5, 0.6) is 0 Å². The SMILES string of the molecule is CC(Sc1ccccc1)C(=O)N(C)Cc1ccccc1Cl. The number of carbonyl (C=O) groups is 1. The first-order valence-corrected chi connectivity index (χ1v) is 8.04. The molecule has 0 aliphatic rings. The van der Waals surface area contributed by atoms with Crippen molar-refractivity contribution in [1.29, 1.82) is 0 Å². The Balaban J connectivity index is 1.97. The standard InChI is InChI=1S/C17H18ClNOS/c1-13(21-15-9-4-3-5-10-15)17(20)19(2)12-14-8-6-7-11-16(14)18/h3-11,13H,12H2,1-2H3. The van der Waals surface area contributed by atoms with E-state index in [9.17, 15) is 4.79 Å². The molecule has 21 heavy (non-hydrogen) atoms. The van der Waals surface area contributed by atoms with Crippen LogP contribution in [0.25, 0.3) is 0 Å². The van der Waals surface area contributed by atoms with Gasteiger partial charge in [0.2, 0.25) is 5.91 Å². The normalized spacial score (nSPS) is 12.0. The predicted molar refractivity (Wildman–Crippen MR) is 89.7 cm³/mol. The number of hydrogen-bond acceptors (Lipinski definition) is 2. The van der Waals surface area contributed by atoms with E-state index in [1.54, 1.807) is 16.7 Å². The molecule has 0 aliphatic heterocycles. The van der Waals surface area contributed by atoms with Crippen molar-refractivity contribution in [3.05, 3.63) is 65.2 Å². The van der Waals surface area contributed by atoms with Crippen LogP contribution in [0.2, 0.25) is 5.02 Å². The maximum absolute atomic E-state index is 12.4. The second-order valence-electron chi connectivity index (χ2n) is 4.86. The van der Waals surface area contributed by atoms with Gasteiger partial charge in [0.1, 0.15) is 0 Å². The minimum Gasteiger partial charge on any atom is -0.340 e. The van der Waals surface area contributed by atoms with Crippen LogP contribution in [0.15, 0.2) is 59.5 Å². The molecule has 0 aliphatic carbocycles. The van der Waals surface area contributed by atoms with Crippen LogP contribution in [0, 0.1) is 0 Å². The summed E-state index contributed by atoms with van der Waals surface area (Å²) >= 11 is 7.71. The molecule has 0 fully saturated rings. The van der Waals surface area contributed by atoms with Gasteiger partial charge in [-0.25, -0.2) is 0 Å². The van der Waals surface area contributed by atoms with Gasteiger partial charge >= 0.3 is 0 Å².